The second-order valence-electron chi connectivity index (χ2n) is 6.71. The predicted octanol–water partition coefficient (Wildman–Crippen LogP) is 4.68. The van der Waals surface area contributed by atoms with Crippen LogP contribution >= 0.6 is 0 Å². The lowest BCUT2D eigenvalue weighted by atomic mass is 9.93. The SMILES string of the molecule is CC#CCCC=C(C)C(O)CC=CCCC1=C(C)CCC1(C)O. The summed E-state index contributed by atoms with van der Waals surface area (Å²) in [5, 5.41) is 20.4. The van der Waals surface area contributed by atoms with Gasteiger partial charge in [0.15, 0.2) is 0 Å². The zero-order chi connectivity index (χ0) is 17.3. The standard InChI is InChI=1S/C21H32O2/c1-5-6-7-9-12-18(3)20(22)14-11-8-10-13-19-17(2)15-16-21(19,4)23/h8,11-12,20,22-23H,7,9-10,13-16H2,1-4H3. The van der Waals surface area contributed by atoms with Crippen LogP contribution in [0.1, 0.15) is 72.6 Å². The fourth-order valence-corrected chi connectivity index (χ4v) is 3.06. The largest absolute Gasteiger partial charge is 0.388 e. The van der Waals surface area contributed by atoms with E-state index in [9.17, 15) is 10.2 Å². The molecule has 2 nitrogen and oxygen atoms in total. The maximum absolute atomic E-state index is 10.3. The van der Waals surface area contributed by atoms with Crippen LogP contribution in [0, 0.1) is 11.8 Å². The Balaban J connectivity index is 2.33. The van der Waals surface area contributed by atoms with Gasteiger partial charge in [-0.3, -0.25) is 0 Å². The summed E-state index contributed by atoms with van der Waals surface area (Å²) in [5.41, 5.74) is 2.95. The molecule has 0 saturated carbocycles. The fourth-order valence-electron chi connectivity index (χ4n) is 3.06. The topological polar surface area (TPSA) is 40.5 Å². The first kappa shape index (κ1) is 19.7. The fraction of sp³-hybridized carbons (Fsp3) is 0.619. The van der Waals surface area contributed by atoms with Gasteiger partial charge in [-0.05, 0) is 77.4 Å². The van der Waals surface area contributed by atoms with Crippen molar-refractivity contribution in [1.82, 2.24) is 0 Å². The second-order valence-corrected chi connectivity index (χ2v) is 6.71. The van der Waals surface area contributed by atoms with Gasteiger partial charge < -0.3 is 10.2 Å². The van der Waals surface area contributed by atoms with E-state index in [1.807, 2.05) is 26.8 Å². The summed E-state index contributed by atoms with van der Waals surface area (Å²) >= 11 is 0. The molecule has 0 fully saturated rings. The number of allylic oxidation sites excluding steroid dienone is 3. The molecule has 0 saturated heterocycles. The number of aliphatic hydroxyl groups excluding tert-OH is 1. The molecule has 0 aromatic rings. The third-order valence-electron chi connectivity index (χ3n) is 4.68. The van der Waals surface area contributed by atoms with Crippen LogP contribution in [0.15, 0.2) is 34.9 Å². The average molecular weight is 316 g/mol. The summed E-state index contributed by atoms with van der Waals surface area (Å²) in [4.78, 5) is 0. The molecular formula is C21H32O2. The summed E-state index contributed by atoms with van der Waals surface area (Å²) in [7, 11) is 0. The van der Waals surface area contributed by atoms with Crippen LogP contribution < -0.4 is 0 Å². The van der Waals surface area contributed by atoms with Crippen LogP contribution in [0.2, 0.25) is 0 Å². The molecule has 0 spiro atoms. The molecule has 0 bridgehead atoms. The molecule has 0 aromatic carbocycles. The van der Waals surface area contributed by atoms with Gasteiger partial charge in [0.2, 0.25) is 0 Å². The number of unbranched alkanes of at least 4 members (excludes halogenated alkanes) is 1. The molecule has 1 aliphatic carbocycles. The first-order chi connectivity index (χ1) is 10.9. The second kappa shape index (κ2) is 9.75. The lowest BCUT2D eigenvalue weighted by Crippen LogP contribution is -2.22. The van der Waals surface area contributed by atoms with Crippen molar-refractivity contribution >= 4 is 0 Å². The van der Waals surface area contributed by atoms with Crippen molar-refractivity contribution in [3.63, 3.8) is 0 Å². The molecule has 128 valence electrons. The Labute approximate surface area is 142 Å². The van der Waals surface area contributed by atoms with Crippen LogP contribution in [0.3, 0.4) is 0 Å². The molecule has 0 aromatic heterocycles. The Bertz CT molecular complexity index is 524. The third-order valence-corrected chi connectivity index (χ3v) is 4.68. The van der Waals surface area contributed by atoms with Crippen LogP contribution in [-0.4, -0.2) is 21.9 Å². The van der Waals surface area contributed by atoms with E-state index in [1.165, 1.54) is 11.1 Å². The van der Waals surface area contributed by atoms with Crippen LogP contribution in [0.5, 0.6) is 0 Å². The van der Waals surface area contributed by atoms with E-state index in [0.717, 1.165) is 44.1 Å². The van der Waals surface area contributed by atoms with Crippen LogP contribution in [0.4, 0.5) is 0 Å². The van der Waals surface area contributed by atoms with E-state index in [4.69, 9.17) is 0 Å². The predicted molar refractivity (Wildman–Crippen MR) is 98.0 cm³/mol. The van der Waals surface area contributed by atoms with Gasteiger partial charge in [-0.15, -0.1) is 11.8 Å². The molecule has 0 radical (unpaired) electrons. The van der Waals surface area contributed by atoms with Crippen molar-refractivity contribution in [2.75, 3.05) is 0 Å². The van der Waals surface area contributed by atoms with E-state index in [2.05, 4.69) is 30.9 Å². The molecule has 0 amide bonds. The molecule has 0 heterocycles. The first-order valence-corrected chi connectivity index (χ1v) is 8.69. The number of rotatable bonds is 8. The van der Waals surface area contributed by atoms with Crippen molar-refractivity contribution in [3.05, 3.63) is 34.9 Å². The van der Waals surface area contributed by atoms with Gasteiger partial charge in [0.05, 0.1) is 11.7 Å². The summed E-state index contributed by atoms with van der Waals surface area (Å²) in [5.74, 6) is 5.90. The van der Waals surface area contributed by atoms with Crippen molar-refractivity contribution in [1.29, 1.82) is 0 Å². The van der Waals surface area contributed by atoms with Gasteiger partial charge in [-0.1, -0.05) is 23.8 Å². The summed E-state index contributed by atoms with van der Waals surface area (Å²) in [6, 6.07) is 0. The minimum absolute atomic E-state index is 0.406. The van der Waals surface area contributed by atoms with Crippen molar-refractivity contribution in [2.45, 2.75) is 84.3 Å². The lowest BCUT2D eigenvalue weighted by Gasteiger charge is -2.21. The minimum Gasteiger partial charge on any atom is -0.388 e. The molecular weight excluding hydrogens is 284 g/mol. The Hall–Kier alpha value is -1.30. The quantitative estimate of drug-likeness (QED) is 0.387. The maximum Gasteiger partial charge on any atom is 0.0834 e. The molecule has 1 aliphatic rings. The molecule has 2 N–H and O–H groups in total. The maximum atomic E-state index is 10.3. The van der Waals surface area contributed by atoms with E-state index < -0.39 is 11.7 Å². The van der Waals surface area contributed by atoms with Crippen LogP contribution in [0.25, 0.3) is 0 Å². The molecule has 0 aliphatic heterocycles. The number of aliphatic hydroxyl groups is 2. The van der Waals surface area contributed by atoms with Crippen molar-refractivity contribution < 1.29 is 10.2 Å². The Morgan fingerprint density at radius 3 is 2.70 bits per heavy atom. The highest BCUT2D eigenvalue weighted by molar-refractivity contribution is 5.28. The molecule has 2 unspecified atom stereocenters. The van der Waals surface area contributed by atoms with Crippen LogP contribution in [-0.2, 0) is 0 Å². The van der Waals surface area contributed by atoms with E-state index in [0.29, 0.717) is 6.42 Å². The van der Waals surface area contributed by atoms with Crippen molar-refractivity contribution in [3.8, 4) is 11.8 Å². The van der Waals surface area contributed by atoms with Gasteiger partial charge >= 0.3 is 0 Å². The van der Waals surface area contributed by atoms with Gasteiger partial charge in [0.25, 0.3) is 0 Å². The smallest absolute Gasteiger partial charge is 0.0834 e. The van der Waals surface area contributed by atoms with E-state index in [-0.39, 0.29) is 0 Å². The van der Waals surface area contributed by atoms with Gasteiger partial charge in [-0.25, -0.2) is 0 Å². The normalized spacial score (nSPS) is 23.3. The lowest BCUT2D eigenvalue weighted by molar-refractivity contribution is 0.0965. The molecule has 23 heavy (non-hydrogen) atoms. The highest BCUT2D eigenvalue weighted by Crippen LogP contribution is 2.37. The molecule has 2 heteroatoms. The Morgan fingerprint density at radius 2 is 2.09 bits per heavy atom. The van der Waals surface area contributed by atoms with E-state index in [1.54, 1.807) is 0 Å². The van der Waals surface area contributed by atoms with Gasteiger partial charge in [0, 0.05) is 6.42 Å². The zero-order valence-electron chi connectivity index (χ0n) is 15.2. The summed E-state index contributed by atoms with van der Waals surface area (Å²) in [6.45, 7) is 7.87. The van der Waals surface area contributed by atoms with Crippen molar-refractivity contribution in [2.24, 2.45) is 0 Å². The molecule has 2 atom stereocenters. The summed E-state index contributed by atoms with van der Waals surface area (Å²) < 4.78 is 0. The minimum atomic E-state index is -0.613. The third kappa shape index (κ3) is 6.77. The zero-order valence-corrected chi connectivity index (χ0v) is 15.2. The Kier molecular flexibility index (Phi) is 8.37. The average Bonchev–Trinajstić information content (AvgIpc) is 2.77. The summed E-state index contributed by atoms with van der Waals surface area (Å²) in [6.07, 6.45) is 11.9. The van der Waals surface area contributed by atoms with Gasteiger partial charge in [0.1, 0.15) is 0 Å². The Morgan fingerprint density at radius 1 is 1.35 bits per heavy atom. The number of hydrogen-bond donors (Lipinski definition) is 2. The highest BCUT2D eigenvalue weighted by atomic mass is 16.3. The highest BCUT2D eigenvalue weighted by Gasteiger charge is 2.31. The van der Waals surface area contributed by atoms with E-state index >= 15 is 0 Å². The molecule has 1 rings (SSSR count). The monoisotopic (exact) mass is 316 g/mol. The van der Waals surface area contributed by atoms with Gasteiger partial charge in [-0.2, -0.15) is 0 Å². The number of hydrogen-bond acceptors (Lipinski definition) is 2. The first-order valence-electron chi connectivity index (χ1n) is 8.69.